The lowest BCUT2D eigenvalue weighted by Gasteiger charge is -2.07. The molecule has 0 aliphatic carbocycles. The fourth-order valence-corrected chi connectivity index (χ4v) is 2.30. The molecule has 0 aromatic heterocycles. The van der Waals surface area contributed by atoms with Gasteiger partial charge in [0.2, 0.25) is 11.5 Å². The number of carbonyl (C=O) groups is 1. The van der Waals surface area contributed by atoms with E-state index in [9.17, 15) is 13.2 Å². The summed E-state index contributed by atoms with van der Waals surface area (Å²) in [7, 11) is -3.27. The van der Waals surface area contributed by atoms with E-state index in [0.717, 1.165) is 6.26 Å². The highest BCUT2D eigenvalue weighted by atomic mass is 32.2. The number of amidine groups is 2. The number of hydrogen-bond donors (Lipinski definition) is 0. The Hall–Kier alpha value is -2.55. The molecule has 2 aliphatic rings. The SMILES string of the molecule is CS(=O)(=O)c1ccc(C2=NC(=O)C3=NN=NC3=N2)cc1. The first-order valence-electron chi connectivity index (χ1n) is 5.46. The van der Waals surface area contributed by atoms with Crippen LogP contribution in [0.2, 0.25) is 0 Å². The van der Waals surface area contributed by atoms with Crippen LogP contribution in [-0.4, -0.2) is 38.0 Å². The molecule has 8 nitrogen and oxygen atoms in total. The van der Waals surface area contributed by atoms with Crippen LogP contribution < -0.4 is 0 Å². The zero-order valence-electron chi connectivity index (χ0n) is 10.2. The largest absolute Gasteiger partial charge is 0.303 e. The van der Waals surface area contributed by atoms with Crippen LogP contribution in [0.3, 0.4) is 0 Å². The lowest BCUT2D eigenvalue weighted by atomic mass is 10.2. The van der Waals surface area contributed by atoms with Gasteiger partial charge >= 0.3 is 5.91 Å². The highest BCUT2D eigenvalue weighted by Crippen LogP contribution is 2.15. The molecule has 0 saturated carbocycles. The van der Waals surface area contributed by atoms with Gasteiger partial charge in [-0.2, -0.15) is 4.99 Å². The van der Waals surface area contributed by atoms with E-state index < -0.39 is 15.7 Å². The molecule has 0 radical (unpaired) electrons. The number of carbonyl (C=O) groups excluding carboxylic acids is 1. The summed E-state index contributed by atoms with van der Waals surface area (Å²) in [5.74, 6) is -0.292. The van der Waals surface area contributed by atoms with Crippen molar-refractivity contribution in [3.63, 3.8) is 0 Å². The van der Waals surface area contributed by atoms with E-state index in [1.54, 1.807) is 0 Å². The summed E-state index contributed by atoms with van der Waals surface area (Å²) in [6.07, 6.45) is 1.12. The van der Waals surface area contributed by atoms with Gasteiger partial charge in [-0.15, -0.1) is 10.2 Å². The first-order chi connectivity index (χ1) is 9.45. The summed E-state index contributed by atoms with van der Waals surface area (Å²) in [6, 6.07) is 5.91. The summed E-state index contributed by atoms with van der Waals surface area (Å²) < 4.78 is 22.7. The third kappa shape index (κ3) is 2.07. The van der Waals surface area contributed by atoms with Gasteiger partial charge in [0.05, 0.1) is 4.90 Å². The van der Waals surface area contributed by atoms with Crippen LogP contribution in [0, 0.1) is 0 Å². The number of sulfone groups is 1. The standard InChI is InChI=1S/C11H7N5O3S/c1-20(18,19)7-4-2-6(3-5-7)9-12-10-8(11(17)13-9)14-16-15-10/h2-5H,1H3. The lowest BCUT2D eigenvalue weighted by Crippen LogP contribution is -2.25. The van der Waals surface area contributed by atoms with Crippen LogP contribution in [0.1, 0.15) is 5.56 Å². The average molecular weight is 289 g/mol. The van der Waals surface area contributed by atoms with Crippen LogP contribution in [0.5, 0.6) is 0 Å². The Bertz CT molecular complexity index is 831. The van der Waals surface area contributed by atoms with Gasteiger partial charge in [-0.1, -0.05) is 0 Å². The predicted octanol–water partition coefficient (Wildman–Crippen LogP) is 0.597. The van der Waals surface area contributed by atoms with Crippen molar-refractivity contribution < 1.29 is 13.2 Å². The zero-order valence-corrected chi connectivity index (χ0v) is 11.0. The Balaban J connectivity index is 2.01. The summed E-state index contributed by atoms with van der Waals surface area (Å²) in [4.78, 5) is 19.7. The minimum atomic E-state index is -3.27. The van der Waals surface area contributed by atoms with E-state index in [-0.39, 0.29) is 22.3 Å². The number of fused-ring (bicyclic) bond motifs is 1. The highest BCUT2D eigenvalue weighted by molar-refractivity contribution is 7.90. The van der Waals surface area contributed by atoms with E-state index >= 15 is 0 Å². The summed E-state index contributed by atoms with van der Waals surface area (Å²) in [6.45, 7) is 0. The van der Waals surface area contributed by atoms with Gasteiger partial charge in [0, 0.05) is 11.8 Å². The van der Waals surface area contributed by atoms with Gasteiger partial charge in [0.25, 0.3) is 0 Å². The van der Waals surface area contributed by atoms with Crippen molar-refractivity contribution in [1.82, 2.24) is 0 Å². The molecule has 0 fully saturated rings. The van der Waals surface area contributed by atoms with Gasteiger partial charge in [-0.3, -0.25) is 4.79 Å². The Morgan fingerprint density at radius 3 is 2.35 bits per heavy atom. The molecule has 0 unspecified atom stereocenters. The van der Waals surface area contributed by atoms with Crippen molar-refractivity contribution in [2.24, 2.45) is 25.4 Å². The topological polar surface area (TPSA) is 113 Å². The number of aliphatic imine (C=N–C) groups is 2. The van der Waals surface area contributed by atoms with Gasteiger partial charge < -0.3 is 0 Å². The summed E-state index contributed by atoms with van der Waals surface area (Å²) >= 11 is 0. The minimum Gasteiger partial charge on any atom is -0.265 e. The second-order valence-electron chi connectivity index (χ2n) is 4.11. The van der Waals surface area contributed by atoms with E-state index in [0.29, 0.717) is 5.56 Å². The van der Waals surface area contributed by atoms with Gasteiger partial charge in [-0.05, 0) is 29.5 Å². The Kier molecular flexibility index (Phi) is 2.64. The number of rotatable bonds is 2. The summed E-state index contributed by atoms with van der Waals surface area (Å²) in [5.41, 5.74) is 0.529. The molecule has 0 spiro atoms. The average Bonchev–Trinajstić information content (AvgIpc) is 2.86. The van der Waals surface area contributed by atoms with E-state index in [1.165, 1.54) is 24.3 Å². The minimum absolute atomic E-state index is 0.0153. The molecule has 1 amide bonds. The molecule has 1 aromatic carbocycles. The maximum atomic E-state index is 11.7. The van der Waals surface area contributed by atoms with Crippen molar-refractivity contribution in [3.05, 3.63) is 29.8 Å². The summed E-state index contributed by atoms with van der Waals surface area (Å²) in [5, 5.41) is 10.5. The van der Waals surface area contributed by atoms with Gasteiger partial charge in [0.1, 0.15) is 0 Å². The molecular weight excluding hydrogens is 282 g/mol. The Morgan fingerprint density at radius 2 is 1.70 bits per heavy atom. The van der Waals surface area contributed by atoms with Crippen molar-refractivity contribution in [1.29, 1.82) is 0 Å². The monoisotopic (exact) mass is 289 g/mol. The first-order valence-corrected chi connectivity index (χ1v) is 7.35. The number of nitrogens with zero attached hydrogens (tertiary/aromatic N) is 5. The highest BCUT2D eigenvalue weighted by Gasteiger charge is 2.27. The maximum Gasteiger partial charge on any atom is 0.303 e. The van der Waals surface area contributed by atoms with E-state index in [2.05, 4.69) is 25.4 Å². The predicted molar refractivity (Wildman–Crippen MR) is 70.8 cm³/mol. The Labute approximate surface area is 113 Å². The molecule has 2 heterocycles. The molecule has 20 heavy (non-hydrogen) atoms. The second kappa shape index (κ2) is 4.23. The van der Waals surface area contributed by atoms with Crippen molar-refractivity contribution >= 4 is 33.1 Å². The maximum absolute atomic E-state index is 11.7. The smallest absolute Gasteiger partial charge is 0.265 e. The first kappa shape index (κ1) is 12.5. The molecule has 100 valence electrons. The Morgan fingerprint density at radius 1 is 1.00 bits per heavy atom. The van der Waals surface area contributed by atoms with Crippen LogP contribution in [-0.2, 0) is 14.6 Å². The molecule has 1 aromatic rings. The van der Waals surface area contributed by atoms with Crippen LogP contribution >= 0.6 is 0 Å². The van der Waals surface area contributed by atoms with Crippen LogP contribution in [0.15, 0.2) is 54.6 Å². The van der Waals surface area contributed by atoms with Crippen molar-refractivity contribution in [2.75, 3.05) is 6.26 Å². The zero-order chi connectivity index (χ0) is 14.3. The number of hydrogen-bond acceptors (Lipinski definition) is 7. The fraction of sp³-hybridized carbons (Fsp3) is 0.0909. The quantitative estimate of drug-likeness (QED) is 0.794. The molecular formula is C11H7N5O3S. The van der Waals surface area contributed by atoms with Gasteiger partial charge in [-0.25, -0.2) is 13.4 Å². The van der Waals surface area contributed by atoms with Crippen molar-refractivity contribution in [3.8, 4) is 0 Å². The van der Waals surface area contributed by atoms with Crippen LogP contribution in [0.4, 0.5) is 0 Å². The molecule has 0 atom stereocenters. The van der Waals surface area contributed by atoms with Crippen molar-refractivity contribution in [2.45, 2.75) is 4.90 Å². The number of benzene rings is 1. The third-order valence-corrected chi connectivity index (χ3v) is 3.79. The molecule has 9 heteroatoms. The molecule has 2 aliphatic heterocycles. The van der Waals surface area contributed by atoms with E-state index in [4.69, 9.17) is 0 Å². The van der Waals surface area contributed by atoms with E-state index in [1.807, 2.05) is 0 Å². The molecule has 3 rings (SSSR count). The molecule has 0 N–H and O–H groups in total. The normalized spacial score (nSPS) is 17.4. The van der Waals surface area contributed by atoms with Gasteiger partial charge in [0.15, 0.2) is 15.7 Å². The fourth-order valence-electron chi connectivity index (χ4n) is 1.67. The second-order valence-corrected chi connectivity index (χ2v) is 6.13. The third-order valence-electron chi connectivity index (χ3n) is 2.66. The number of amides is 1. The lowest BCUT2D eigenvalue weighted by molar-refractivity contribution is -0.111. The molecule has 0 saturated heterocycles. The van der Waals surface area contributed by atoms with Crippen LogP contribution in [0.25, 0.3) is 0 Å². The molecule has 0 bridgehead atoms.